The third-order valence-corrected chi connectivity index (χ3v) is 5.78. The van der Waals surface area contributed by atoms with E-state index in [2.05, 4.69) is 60.0 Å². The van der Waals surface area contributed by atoms with Gasteiger partial charge in [-0.25, -0.2) is 0 Å². The molecule has 0 unspecified atom stereocenters. The van der Waals surface area contributed by atoms with Crippen LogP contribution in [0.1, 0.15) is 38.2 Å². The van der Waals surface area contributed by atoms with E-state index in [1.54, 1.807) is 0 Å². The number of nitrogens with zero attached hydrogens (tertiary/aromatic N) is 3. The Hall–Kier alpha value is -1.10. The molecule has 0 aromatic heterocycles. The molecule has 1 heterocycles. The van der Waals surface area contributed by atoms with Crippen molar-refractivity contribution in [2.75, 3.05) is 51.8 Å². The summed E-state index contributed by atoms with van der Waals surface area (Å²) < 4.78 is 5.90. The Morgan fingerprint density at radius 2 is 1.76 bits per heavy atom. The van der Waals surface area contributed by atoms with Crippen LogP contribution in [0.2, 0.25) is 0 Å². The summed E-state index contributed by atoms with van der Waals surface area (Å²) >= 11 is 0. The normalized spacial score (nSPS) is 24.6. The number of unbranched alkanes of at least 4 members (excludes halogenated alkanes) is 1. The molecule has 1 aromatic carbocycles. The number of rotatable bonds is 8. The van der Waals surface area contributed by atoms with E-state index in [0.717, 1.165) is 39.3 Å². The average Bonchev–Trinajstić information content (AvgIpc) is 2.58. The van der Waals surface area contributed by atoms with Crippen LogP contribution in [0.5, 0.6) is 0 Å². The zero-order valence-electron chi connectivity index (χ0n) is 16.3. The fourth-order valence-corrected chi connectivity index (χ4v) is 3.72. The Labute approximate surface area is 153 Å². The van der Waals surface area contributed by atoms with Crippen molar-refractivity contribution in [2.45, 2.75) is 51.3 Å². The van der Waals surface area contributed by atoms with Crippen LogP contribution < -0.4 is 4.90 Å². The Morgan fingerprint density at radius 3 is 2.40 bits per heavy atom. The Balaban J connectivity index is 1.41. The number of hydrogen-bond donors (Lipinski definition) is 0. The highest BCUT2D eigenvalue weighted by atomic mass is 16.5. The van der Waals surface area contributed by atoms with Gasteiger partial charge in [0.25, 0.3) is 0 Å². The molecule has 1 saturated heterocycles. The molecule has 0 amide bonds. The van der Waals surface area contributed by atoms with Crippen molar-refractivity contribution in [1.82, 2.24) is 9.80 Å². The van der Waals surface area contributed by atoms with Crippen molar-refractivity contribution in [3.05, 3.63) is 29.8 Å². The number of benzene rings is 1. The summed E-state index contributed by atoms with van der Waals surface area (Å²) in [7, 11) is 4.46. The average molecular weight is 346 g/mol. The quantitative estimate of drug-likeness (QED) is 0.673. The van der Waals surface area contributed by atoms with Crippen molar-refractivity contribution in [2.24, 2.45) is 0 Å². The van der Waals surface area contributed by atoms with Gasteiger partial charge >= 0.3 is 0 Å². The van der Waals surface area contributed by atoms with Gasteiger partial charge in [-0.1, -0.05) is 25.5 Å². The number of ether oxygens (including phenoxy) is 1. The highest BCUT2D eigenvalue weighted by Gasteiger charge is 2.32. The van der Waals surface area contributed by atoms with Crippen LogP contribution in [0, 0.1) is 0 Å². The van der Waals surface area contributed by atoms with E-state index in [-0.39, 0.29) is 0 Å². The fourth-order valence-electron chi connectivity index (χ4n) is 3.72. The van der Waals surface area contributed by atoms with E-state index in [0.29, 0.717) is 12.1 Å². The van der Waals surface area contributed by atoms with E-state index in [9.17, 15) is 0 Å². The van der Waals surface area contributed by atoms with Gasteiger partial charge in [0, 0.05) is 51.1 Å². The topological polar surface area (TPSA) is 19.0 Å². The van der Waals surface area contributed by atoms with Gasteiger partial charge in [0.15, 0.2) is 0 Å². The molecular weight excluding hydrogens is 310 g/mol. The second-order valence-electron chi connectivity index (χ2n) is 7.84. The Kier molecular flexibility index (Phi) is 6.74. The van der Waals surface area contributed by atoms with Crippen molar-refractivity contribution in [1.29, 1.82) is 0 Å². The van der Waals surface area contributed by atoms with Gasteiger partial charge in [-0.3, -0.25) is 4.90 Å². The molecule has 0 spiro atoms. The number of anilines is 1. The first kappa shape index (κ1) is 18.7. The Bertz CT molecular complexity index is 504. The van der Waals surface area contributed by atoms with E-state index in [1.165, 1.54) is 36.9 Å². The zero-order chi connectivity index (χ0) is 17.6. The number of hydrogen-bond acceptors (Lipinski definition) is 4. The monoisotopic (exact) mass is 345 g/mol. The van der Waals surface area contributed by atoms with Gasteiger partial charge in [-0.15, -0.1) is 0 Å². The molecule has 0 N–H and O–H groups in total. The molecule has 4 heteroatoms. The first-order chi connectivity index (χ1) is 12.2. The van der Waals surface area contributed by atoms with Crippen molar-refractivity contribution < 1.29 is 4.74 Å². The first-order valence-electron chi connectivity index (χ1n) is 10.00. The summed E-state index contributed by atoms with van der Waals surface area (Å²) in [6.45, 7) is 8.78. The summed E-state index contributed by atoms with van der Waals surface area (Å²) in [6.07, 6.45) is 5.30. The molecule has 2 aliphatic rings. The van der Waals surface area contributed by atoms with Gasteiger partial charge in [0.05, 0.1) is 6.10 Å². The smallest absolute Gasteiger partial charge is 0.0605 e. The second-order valence-corrected chi connectivity index (χ2v) is 7.84. The summed E-state index contributed by atoms with van der Waals surface area (Å²) in [5.41, 5.74) is 2.78. The summed E-state index contributed by atoms with van der Waals surface area (Å²) in [5.74, 6) is 0. The van der Waals surface area contributed by atoms with Crippen molar-refractivity contribution in [3.8, 4) is 0 Å². The molecule has 3 rings (SSSR count). The van der Waals surface area contributed by atoms with Crippen LogP contribution in [0.3, 0.4) is 0 Å². The SMILES string of the molecule is CCCCOC1CC(N(C)Cc2ccc(N3CCN(C)CC3)cc2)C1. The van der Waals surface area contributed by atoms with Crippen LogP contribution in [0.4, 0.5) is 5.69 Å². The molecule has 1 saturated carbocycles. The molecule has 1 aromatic rings. The lowest BCUT2D eigenvalue weighted by Crippen LogP contribution is -2.46. The minimum absolute atomic E-state index is 0.499. The maximum atomic E-state index is 5.90. The van der Waals surface area contributed by atoms with E-state index < -0.39 is 0 Å². The second kappa shape index (κ2) is 9.02. The number of piperazine rings is 1. The standard InChI is InChI=1S/C21H35N3O/c1-4-5-14-25-21-15-20(16-21)23(3)17-18-6-8-19(9-7-18)24-12-10-22(2)11-13-24/h6-9,20-21H,4-5,10-17H2,1-3H3. The Morgan fingerprint density at radius 1 is 1.08 bits per heavy atom. The zero-order valence-corrected chi connectivity index (χ0v) is 16.3. The molecular formula is C21H35N3O. The van der Waals surface area contributed by atoms with Crippen LogP contribution >= 0.6 is 0 Å². The van der Waals surface area contributed by atoms with Gasteiger partial charge in [-0.05, 0) is 51.1 Å². The van der Waals surface area contributed by atoms with E-state index in [1.807, 2.05) is 0 Å². The van der Waals surface area contributed by atoms with Gasteiger partial charge in [0.2, 0.25) is 0 Å². The molecule has 1 aliphatic carbocycles. The summed E-state index contributed by atoms with van der Waals surface area (Å²) in [6, 6.07) is 9.89. The molecule has 0 bridgehead atoms. The molecule has 140 valence electrons. The maximum absolute atomic E-state index is 5.90. The van der Waals surface area contributed by atoms with Gasteiger partial charge in [0.1, 0.15) is 0 Å². The molecule has 1 aliphatic heterocycles. The van der Waals surface area contributed by atoms with Crippen LogP contribution in [-0.2, 0) is 11.3 Å². The molecule has 4 nitrogen and oxygen atoms in total. The van der Waals surface area contributed by atoms with Crippen LogP contribution in [0.25, 0.3) is 0 Å². The van der Waals surface area contributed by atoms with Gasteiger partial charge < -0.3 is 14.5 Å². The third kappa shape index (κ3) is 5.19. The van der Waals surface area contributed by atoms with Crippen molar-refractivity contribution in [3.63, 3.8) is 0 Å². The number of likely N-dealkylation sites (N-methyl/N-ethyl adjacent to an activating group) is 1. The van der Waals surface area contributed by atoms with E-state index >= 15 is 0 Å². The van der Waals surface area contributed by atoms with Crippen molar-refractivity contribution >= 4 is 5.69 Å². The lowest BCUT2D eigenvalue weighted by atomic mass is 9.88. The highest BCUT2D eigenvalue weighted by Crippen LogP contribution is 2.29. The highest BCUT2D eigenvalue weighted by molar-refractivity contribution is 5.48. The molecule has 0 atom stereocenters. The van der Waals surface area contributed by atoms with Gasteiger partial charge in [-0.2, -0.15) is 0 Å². The predicted molar refractivity (Wildman–Crippen MR) is 105 cm³/mol. The lowest BCUT2D eigenvalue weighted by Gasteiger charge is -2.41. The maximum Gasteiger partial charge on any atom is 0.0605 e. The summed E-state index contributed by atoms with van der Waals surface area (Å²) in [5, 5.41) is 0. The van der Waals surface area contributed by atoms with Crippen LogP contribution in [0.15, 0.2) is 24.3 Å². The first-order valence-corrected chi connectivity index (χ1v) is 10.00. The van der Waals surface area contributed by atoms with Crippen LogP contribution in [-0.4, -0.2) is 68.8 Å². The predicted octanol–water partition coefficient (Wildman–Crippen LogP) is 3.22. The lowest BCUT2D eigenvalue weighted by molar-refractivity contribution is -0.0476. The molecule has 25 heavy (non-hydrogen) atoms. The molecule has 0 radical (unpaired) electrons. The fraction of sp³-hybridized carbons (Fsp3) is 0.714. The van der Waals surface area contributed by atoms with E-state index in [4.69, 9.17) is 4.74 Å². The largest absolute Gasteiger partial charge is 0.378 e. The third-order valence-electron chi connectivity index (χ3n) is 5.78. The summed E-state index contributed by atoms with van der Waals surface area (Å²) in [4.78, 5) is 7.39. The minimum atomic E-state index is 0.499. The minimum Gasteiger partial charge on any atom is -0.378 e. The molecule has 2 fully saturated rings.